The summed E-state index contributed by atoms with van der Waals surface area (Å²) in [7, 11) is -4.77. The van der Waals surface area contributed by atoms with Crippen LogP contribution < -0.4 is 0 Å². The highest BCUT2D eigenvalue weighted by Gasteiger charge is 2.36. The Labute approximate surface area is 278 Å². The van der Waals surface area contributed by atoms with Crippen LogP contribution >= 0.6 is 7.82 Å². The number of epoxide rings is 1. The van der Waals surface area contributed by atoms with Crippen molar-refractivity contribution in [1.82, 2.24) is 0 Å². The molecule has 0 radical (unpaired) electrons. The lowest BCUT2D eigenvalue weighted by molar-refractivity contribution is -0.161. The van der Waals surface area contributed by atoms with Gasteiger partial charge in [0.25, 0.3) is 0 Å². The highest BCUT2D eigenvalue weighted by molar-refractivity contribution is 7.46. The molecule has 10 heteroatoms. The smallest absolute Gasteiger partial charge is 0.462 e. The van der Waals surface area contributed by atoms with E-state index in [2.05, 4.69) is 61.8 Å². The third kappa shape index (κ3) is 26.3. The van der Waals surface area contributed by atoms with Gasteiger partial charge in [-0.1, -0.05) is 115 Å². The predicted octanol–water partition coefficient (Wildman–Crippen LogP) is 9.07. The van der Waals surface area contributed by atoms with Gasteiger partial charge in [-0.15, -0.1) is 0 Å². The van der Waals surface area contributed by atoms with Crippen LogP contribution in [-0.4, -0.2) is 53.3 Å². The van der Waals surface area contributed by atoms with Crippen LogP contribution in [0.2, 0.25) is 0 Å². The minimum absolute atomic E-state index is 0.116. The number of unbranched alkanes of at least 4 members (excludes halogenated alkanes) is 8. The van der Waals surface area contributed by atoms with Crippen LogP contribution in [0.15, 0.2) is 36.5 Å². The number of hydrogen-bond acceptors (Lipinski definition) is 7. The van der Waals surface area contributed by atoms with Crippen LogP contribution in [0.25, 0.3) is 0 Å². The molecule has 1 aliphatic heterocycles. The molecule has 0 aliphatic carbocycles. The number of esters is 2. The first kappa shape index (κ1) is 42.3. The zero-order valence-electron chi connectivity index (χ0n) is 28.8. The van der Waals surface area contributed by atoms with Gasteiger partial charge < -0.3 is 24.0 Å². The fourth-order valence-electron chi connectivity index (χ4n) is 4.96. The van der Waals surface area contributed by atoms with Crippen LogP contribution in [0.5, 0.6) is 0 Å². The van der Waals surface area contributed by atoms with E-state index in [9.17, 15) is 14.2 Å². The van der Waals surface area contributed by atoms with Crippen molar-refractivity contribution >= 4 is 19.8 Å². The number of hydrogen-bond donors (Lipinski definition) is 2. The summed E-state index contributed by atoms with van der Waals surface area (Å²) >= 11 is 0. The zero-order valence-corrected chi connectivity index (χ0v) is 29.7. The first-order chi connectivity index (χ1) is 22.1. The fraction of sp³-hybridized carbons (Fsp3) is 0.778. The summed E-state index contributed by atoms with van der Waals surface area (Å²) in [6.07, 6.45) is 30.4. The quantitative estimate of drug-likeness (QED) is 0.0252. The fourth-order valence-corrected chi connectivity index (χ4v) is 5.32. The van der Waals surface area contributed by atoms with E-state index < -0.39 is 32.5 Å². The van der Waals surface area contributed by atoms with Gasteiger partial charge in [-0.2, -0.15) is 0 Å². The Balaban J connectivity index is 2.20. The summed E-state index contributed by atoms with van der Waals surface area (Å²) in [5, 5.41) is 0. The molecule has 1 fully saturated rings. The molecular formula is C36H63O9P. The topological polar surface area (TPSA) is 132 Å². The Morgan fingerprint density at radius 2 is 1.43 bits per heavy atom. The molecule has 1 saturated heterocycles. The van der Waals surface area contributed by atoms with Crippen molar-refractivity contribution in [2.45, 2.75) is 161 Å². The monoisotopic (exact) mass is 670 g/mol. The number of carbonyl (C=O) groups excluding carboxylic acids is 2. The molecule has 4 atom stereocenters. The largest absolute Gasteiger partial charge is 0.469 e. The van der Waals surface area contributed by atoms with Crippen LogP contribution in [0, 0.1) is 5.92 Å². The van der Waals surface area contributed by atoms with E-state index >= 15 is 0 Å². The predicted molar refractivity (Wildman–Crippen MR) is 183 cm³/mol. The lowest BCUT2D eigenvalue weighted by Crippen LogP contribution is -2.29. The number of phosphoric acid groups is 1. The Kier molecular flexibility index (Phi) is 25.0. The number of phosphoric ester groups is 1. The highest BCUT2D eigenvalue weighted by atomic mass is 31.2. The Hall–Kier alpha value is -1.77. The summed E-state index contributed by atoms with van der Waals surface area (Å²) in [5.41, 5.74) is 0. The van der Waals surface area contributed by atoms with Crippen LogP contribution in [0.4, 0.5) is 0 Å². The third-order valence-corrected chi connectivity index (χ3v) is 8.61. The molecule has 0 saturated carbocycles. The van der Waals surface area contributed by atoms with Gasteiger partial charge in [-0.05, 0) is 57.3 Å². The molecule has 1 aliphatic rings. The molecule has 0 bridgehead atoms. The molecule has 9 nitrogen and oxygen atoms in total. The average molecular weight is 671 g/mol. The van der Waals surface area contributed by atoms with Gasteiger partial charge in [-0.25, -0.2) is 4.57 Å². The molecule has 0 spiro atoms. The molecule has 3 unspecified atom stereocenters. The van der Waals surface area contributed by atoms with Gasteiger partial charge in [0, 0.05) is 12.8 Å². The van der Waals surface area contributed by atoms with E-state index in [1.54, 1.807) is 0 Å². The molecule has 2 N–H and O–H groups in total. The molecule has 266 valence electrons. The first-order valence-electron chi connectivity index (χ1n) is 17.8. The molecular weight excluding hydrogens is 607 g/mol. The van der Waals surface area contributed by atoms with Gasteiger partial charge in [-0.3, -0.25) is 14.1 Å². The highest BCUT2D eigenvalue weighted by Crippen LogP contribution is 2.36. The lowest BCUT2D eigenvalue weighted by Gasteiger charge is -2.18. The van der Waals surface area contributed by atoms with Crippen molar-refractivity contribution in [3.8, 4) is 0 Å². The minimum Gasteiger partial charge on any atom is -0.462 e. The van der Waals surface area contributed by atoms with Crippen LogP contribution in [0.3, 0.4) is 0 Å². The maximum atomic E-state index is 12.4. The van der Waals surface area contributed by atoms with E-state index in [1.165, 1.54) is 44.9 Å². The summed E-state index contributed by atoms with van der Waals surface area (Å²) < 4.78 is 32.0. The summed E-state index contributed by atoms with van der Waals surface area (Å²) in [6.45, 7) is 5.84. The average Bonchev–Trinajstić information content (AvgIpc) is 3.77. The van der Waals surface area contributed by atoms with Crippen molar-refractivity contribution in [1.29, 1.82) is 0 Å². The third-order valence-electron chi connectivity index (χ3n) is 8.13. The zero-order chi connectivity index (χ0) is 33.9. The van der Waals surface area contributed by atoms with E-state index in [-0.39, 0.29) is 31.7 Å². The van der Waals surface area contributed by atoms with E-state index in [0.717, 1.165) is 50.9 Å². The first-order valence-corrected chi connectivity index (χ1v) is 19.3. The number of carbonyl (C=O) groups is 2. The second-order valence-electron chi connectivity index (χ2n) is 12.5. The van der Waals surface area contributed by atoms with E-state index in [0.29, 0.717) is 19.3 Å². The van der Waals surface area contributed by atoms with Crippen LogP contribution in [-0.2, 0) is 32.9 Å². The van der Waals surface area contributed by atoms with E-state index in [1.807, 2.05) is 0 Å². The van der Waals surface area contributed by atoms with Crippen molar-refractivity contribution in [3.05, 3.63) is 36.5 Å². The number of ether oxygens (including phenoxy) is 3. The van der Waals surface area contributed by atoms with Gasteiger partial charge in [0.2, 0.25) is 0 Å². The Morgan fingerprint density at radius 3 is 2.13 bits per heavy atom. The Bertz CT molecular complexity index is 926. The molecule has 0 amide bonds. The molecule has 0 aromatic carbocycles. The number of allylic oxidation sites excluding steroid dienone is 5. The minimum atomic E-state index is -4.77. The van der Waals surface area contributed by atoms with Gasteiger partial charge >= 0.3 is 19.8 Å². The SMILES string of the molecule is CCCCC/C=C\C/C=C\C/C=C\CC1OC1CCCC(=O)O[C@H](COC(=O)CCCCCCCCC(C)CC)COP(=O)(O)O. The standard InChI is InChI=1S/C36H63O9P/c1-4-6-7-8-9-10-11-12-13-14-18-21-25-33-34(45-33)26-23-28-36(38)44-32(30-43-46(39,40)41)29-42-35(37)27-22-19-16-15-17-20-24-31(3)5-2/h9-10,12-13,18,21,31-34H,4-8,11,14-17,19-20,22-30H2,1-3H3,(H2,39,40,41)/b10-9-,13-12-,21-18-/t31?,32-,33?,34?/m1/s1. The second kappa shape index (κ2) is 27.2. The Morgan fingerprint density at radius 1 is 0.783 bits per heavy atom. The normalized spacial score (nSPS) is 18.0. The van der Waals surface area contributed by atoms with Crippen molar-refractivity contribution < 1.29 is 42.7 Å². The molecule has 46 heavy (non-hydrogen) atoms. The lowest BCUT2D eigenvalue weighted by atomic mass is 10.00. The van der Waals surface area contributed by atoms with Crippen LogP contribution in [0.1, 0.15) is 143 Å². The molecule has 1 heterocycles. The molecule has 0 aromatic rings. The van der Waals surface area contributed by atoms with E-state index in [4.69, 9.17) is 24.0 Å². The summed E-state index contributed by atoms with van der Waals surface area (Å²) in [6, 6.07) is 0. The summed E-state index contributed by atoms with van der Waals surface area (Å²) in [5.74, 6) is -0.187. The maximum Gasteiger partial charge on any atom is 0.469 e. The van der Waals surface area contributed by atoms with Crippen molar-refractivity contribution in [3.63, 3.8) is 0 Å². The molecule has 0 aromatic heterocycles. The second-order valence-corrected chi connectivity index (χ2v) is 13.7. The summed E-state index contributed by atoms with van der Waals surface area (Å²) in [4.78, 5) is 42.7. The number of rotatable bonds is 30. The van der Waals surface area contributed by atoms with Crippen molar-refractivity contribution in [2.75, 3.05) is 13.2 Å². The van der Waals surface area contributed by atoms with Gasteiger partial charge in [0.1, 0.15) is 6.61 Å². The van der Waals surface area contributed by atoms with Gasteiger partial charge in [0.05, 0.1) is 18.8 Å². The molecule has 1 rings (SSSR count). The van der Waals surface area contributed by atoms with Crippen molar-refractivity contribution in [2.24, 2.45) is 5.92 Å². The maximum absolute atomic E-state index is 12.4. The van der Waals surface area contributed by atoms with Gasteiger partial charge in [0.15, 0.2) is 6.10 Å².